The number of halogens is 1. The van der Waals surface area contributed by atoms with E-state index in [9.17, 15) is 4.79 Å². The van der Waals surface area contributed by atoms with Crippen molar-refractivity contribution in [1.82, 2.24) is 24.6 Å². The Morgan fingerprint density at radius 2 is 2.06 bits per heavy atom. The van der Waals surface area contributed by atoms with Crippen LogP contribution in [0.25, 0.3) is 16.6 Å². The number of imidazole rings is 1. The number of benzene rings is 1. The molecule has 160 valence electrons. The van der Waals surface area contributed by atoms with E-state index >= 15 is 0 Å². The lowest BCUT2D eigenvalue weighted by molar-refractivity contribution is 0.102. The normalized spacial score (nSPS) is 12.3. The van der Waals surface area contributed by atoms with E-state index in [1.165, 1.54) is 0 Å². The number of nitrogens with zero attached hydrogens (tertiary/aromatic N) is 4. The van der Waals surface area contributed by atoms with Gasteiger partial charge in [0.2, 0.25) is 0 Å². The average Bonchev–Trinajstić information content (AvgIpc) is 3.38. The molecule has 0 bridgehead atoms. The first-order chi connectivity index (χ1) is 15.5. The van der Waals surface area contributed by atoms with Crippen molar-refractivity contribution in [2.45, 2.75) is 26.2 Å². The number of carbonyl (C=O) groups is 1. The van der Waals surface area contributed by atoms with Crippen molar-refractivity contribution in [2.75, 3.05) is 5.32 Å². The number of H-pyrrole nitrogens is 1. The summed E-state index contributed by atoms with van der Waals surface area (Å²) in [7, 11) is 0. The number of aromatic amines is 1. The van der Waals surface area contributed by atoms with Gasteiger partial charge >= 0.3 is 0 Å². The highest BCUT2D eigenvalue weighted by atomic mass is 35.5. The Bertz CT molecular complexity index is 1450. The van der Waals surface area contributed by atoms with Gasteiger partial charge in [0, 0.05) is 45.7 Å². The van der Waals surface area contributed by atoms with Gasteiger partial charge in [0.05, 0.1) is 17.4 Å². The fourth-order valence-electron chi connectivity index (χ4n) is 3.95. The Labute approximate surface area is 189 Å². The lowest BCUT2D eigenvalue weighted by Crippen LogP contribution is -2.14. The quantitative estimate of drug-likeness (QED) is 0.391. The fourth-order valence-corrected chi connectivity index (χ4v) is 4.10. The number of aromatic nitrogens is 5. The molecule has 8 heteroatoms. The Hall–Kier alpha value is -3.71. The predicted octanol–water partition coefficient (Wildman–Crippen LogP) is 5.17. The number of hydrogen-bond acceptors (Lipinski definition) is 4. The van der Waals surface area contributed by atoms with E-state index in [4.69, 9.17) is 11.6 Å². The van der Waals surface area contributed by atoms with Crippen LogP contribution >= 0.6 is 11.6 Å². The molecule has 1 aromatic carbocycles. The minimum Gasteiger partial charge on any atom is -0.320 e. The first-order valence-electron chi connectivity index (χ1n) is 10.3. The van der Waals surface area contributed by atoms with Gasteiger partial charge < -0.3 is 5.32 Å². The minimum absolute atomic E-state index is 0.186. The molecule has 0 saturated carbocycles. The van der Waals surface area contributed by atoms with Crippen molar-refractivity contribution < 1.29 is 4.79 Å². The number of nitrogens with one attached hydrogen (secondary N) is 2. The molecule has 0 aliphatic heterocycles. The Kier molecular flexibility index (Phi) is 5.11. The number of rotatable bonds is 5. The van der Waals surface area contributed by atoms with Crippen LogP contribution in [0, 0.1) is 6.92 Å². The molecule has 0 saturated heterocycles. The third-order valence-corrected chi connectivity index (χ3v) is 5.77. The van der Waals surface area contributed by atoms with Crippen molar-refractivity contribution in [1.29, 1.82) is 0 Å². The molecule has 0 radical (unpaired) electrons. The second-order valence-electron chi connectivity index (χ2n) is 7.88. The SMILES string of the molecule is Cc1cccc(C(C)Cc2[nH]nc3cccc(NC(=O)c4cnc5cc(Cl)ccn45)c23)n1. The minimum atomic E-state index is -0.257. The summed E-state index contributed by atoms with van der Waals surface area (Å²) in [5.41, 5.74) is 5.51. The van der Waals surface area contributed by atoms with Crippen LogP contribution in [0.2, 0.25) is 5.02 Å². The van der Waals surface area contributed by atoms with Crippen molar-refractivity contribution in [2.24, 2.45) is 0 Å². The molecular formula is C24H21ClN6O. The summed E-state index contributed by atoms with van der Waals surface area (Å²) in [5, 5.41) is 12.1. The van der Waals surface area contributed by atoms with E-state index in [-0.39, 0.29) is 11.8 Å². The lowest BCUT2D eigenvalue weighted by Gasteiger charge is -2.12. The lowest BCUT2D eigenvalue weighted by atomic mass is 9.98. The van der Waals surface area contributed by atoms with Crippen LogP contribution in [0.1, 0.15) is 40.4 Å². The zero-order valence-electron chi connectivity index (χ0n) is 17.6. The molecule has 4 heterocycles. The molecule has 0 aliphatic rings. The average molecular weight is 445 g/mol. The van der Waals surface area contributed by atoms with Crippen molar-refractivity contribution in [3.8, 4) is 0 Å². The number of hydrogen-bond donors (Lipinski definition) is 2. The topological polar surface area (TPSA) is 88.0 Å². The Morgan fingerprint density at radius 1 is 1.22 bits per heavy atom. The molecule has 4 aromatic heterocycles. The van der Waals surface area contributed by atoms with Gasteiger partial charge in [-0.05, 0) is 43.7 Å². The highest BCUT2D eigenvalue weighted by molar-refractivity contribution is 6.30. The van der Waals surface area contributed by atoms with Gasteiger partial charge in [-0.1, -0.05) is 30.7 Å². The van der Waals surface area contributed by atoms with Gasteiger partial charge in [0.25, 0.3) is 5.91 Å². The number of anilines is 1. The molecule has 1 atom stereocenters. The molecule has 5 rings (SSSR count). The summed E-state index contributed by atoms with van der Waals surface area (Å²) in [4.78, 5) is 22.0. The van der Waals surface area contributed by atoms with Crippen LogP contribution in [-0.4, -0.2) is 30.5 Å². The van der Waals surface area contributed by atoms with E-state index in [2.05, 4.69) is 32.4 Å². The molecule has 1 amide bonds. The van der Waals surface area contributed by atoms with Crippen LogP contribution in [0.3, 0.4) is 0 Å². The Morgan fingerprint density at radius 3 is 2.91 bits per heavy atom. The molecular weight excluding hydrogens is 424 g/mol. The molecule has 0 fully saturated rings. The molecule has 2 N–H and O–H groups in total. The van der Waals surface area contributed by atoms with Crippen LogP contribution in [0.15, 0.2) is 60.9 Å². The summed E-state index contributed by atoms with van der Waals surface area (Å²) < 4.78 is 1.71. The van der Waals surface area contributed by atoms with Crippen molar-refractivity contribution in [3.05, 3.63) is 88.7 Å². The van der Waals surface area contributed by atoms with E-state index in [0.29, 0.717) is 28.5 Å². The first kappa shape index (κ1) is 20.2. The first-order valence-corrected chi connectivity index (χ1v) is 10.7. The second kappa shape index (κ2) is 8.09. The molecule has 1 unspecified atom stereocenters. The maximum absolute atomic E-state index is 13.1. The number of fused-ring (bicyclic) bond motifs is 2. The van der Waals surface area contributed by atoms with Gasteiger partial charge in [-0.15, -0.1) is 0 Å². The number of amides is 1. The second-order valence-corrected chi connectivity index (χ2v) is 8.32. The summed E-state index contributed by atoms with van der Waals surface area (Å²) in [6.45, 7) is 4.13. The number of carbonyl (C=O) groups excluding carboxylic acids is 1. The van der Waals surface area contributed by atoms with Crippen LogP contribution < -0.4 is 5.32 Å². The van der Waals surface area contributed by atoms with Crippen molar-refractivity contribution >= 4 is 39.7 Å². The molecule has 32 heavy (non-hydrogen) atoms. The fraction of sp³-hybridized carbons (Fsp3) is 0.167. The zero-order chi connectivity index (χ0) is 22.2. The predicted molar refractivity (Wildman–Crippen MR) is 125 cm³/mol. The summed E-state index contributed by atoms with van der Waals surface area (Å²) in [5.74, 6) is -0.0706. The van der Waals surface area contributed by atoms with Gasteiger partial charge in [0.1, 0.15) is 11.3 Å². The Balaban J connectivity index is 1.46. The highest BCUT2D eigenvalue weighted by Crippen LogP contribution is 2.29. The number of aryl methyl sites for hydroxylation is 1. The third kappa shape index (κ3) is 3.71. The van der Waals surface area contributed by atoms with Gasteiger partial charge in [-0.25, -0.2) is 4.98 Å². The molecule has 0 spiro atoms. The zero-order valence-corrected chi connectivity index (χ0v) is 18.4. The van der Waals surface area contributed by atoms with Crippen molar-refractivity contribution in [3.63, 3.8) is 0 Å². The van der Waals surface area contributed by atoms with E-state index in [1.807, 2.05) is 43.3 Å². The molecule has 5 aromatic rings. The van der Waals surface area contributed by atoms with E-state index in [0.717, 1.165) is 28.0 Å². The smallest absolute Gasteiger partial charge is 0.274 e. The van der Waals surface area contributed by atoms with Gasteiger partial charge in [-0.3, -0.25) is 19.3 Å². The highest BCUT2D eigenvalue weighted by Gasteiger charge is 2.18. The van der Waals surface area contributed by atoms with Crippen LogP contribution in [0.4, 0.5) is 5.69 Å². The number of pyridine rings is 2. The summed E-state index contributed by atoms with van der Waals surface area (Å²) in [6, 6.07) is 15.2. The summed E-state index contributed by atoms with van der Waals surface area (Å²) in [6.07, 6.45) is 4.00. The molecule has 7 nitrogen and oxygen atoms in total. The van der Waals surface area contributed by atoms with E-state index in [1.54, 1.807) is 28.9 Å². The third-order valence-electron chi connectivity index (χ3n) is 5.54. The maximum Gasteiger partial charge on any atom is 0.274 e. The van der Waals surface area contributed by atoms with Gasteiger partial charge in [0.15, 0.2) is 0 Å². The maximum atomic E-state index is 13.1. The van der Waals surface area contributed by atoms with E-state index < -0.39 is 0 Å². The van der Waals surface area contributed by atoms with Crippen LogP contribution in [-0.2, 0) is 6.42 Å². The largest absolute Gasteiger partial charge is 0.320 e. The monoisotopic (exact) mass is 444 g/mol. The summed E-state index contributed by atoms with van der Waals surface area (Å²) >= 11 is 6.03. The van der Waals surface area contributed by atoms with Crippen LogP contribution in [0.5, 0.6) is 0 Å². The molecule has 0 aliphatic carbocycles. The standard InChI is InChI=1S/C24H21ClN6O/c1-14(17-6-3-5-15(2)27-17)11-20-23-18(7-4-8-19(23)29-30-20)28-24(32)21-13-26-22-12-16(25)9-10-31(21)22/h3-10,12-14H,11H2,1-2H3,(H,28,32)(H,29,30). The van der Waals surface area contributed by atoms with Gasteiger partial charge in [-0.2, -0.15) is 5.10 Å².